The number of nitrogens with two attached hydrogens (primary N) is 1. The molecule has 2 N–H and O–H groups in total. The Labute approximate surface area is 81.2 Å². The molecule has 1 fully saturated rings. The Morgan fingerprint density at radius 3 is 2.62 bits per heavy atom. The maximum absolute atomic E-state index is 6.08. The molecule has 2 unspecified atom stereocenters. The Morgan fingerprint density at radius 2 is 2.08 bits per heavy atom. The second-order valence-electron chi connectivity index (χ2n) is 4.18. The van der Waals surface area contributed by atoms with Crippen molar-refractivity contribution in [1.82, 2.24) is 9.80 Å². The highest BCUT2D eigenvalue weighted by Gasteiger charge is 2.27. The first-order valence-corrected chi connectivity index (χ1v) is 4.82. The van der Waals surface area contributed by atoms with Gasteiger partial charge in [0, 0.05) is 31.7 Å². The summed E-state index contributed by atoms with van der Waals surface area (Å²) in [5, 5.41) is 0. The lowest BCUT2D eigenvalue weighted by molar-refractivity contribution is 0.104. The summed E-state index contributed by atoms with van der Waals surface area (Å²) >= 11 is 0. The average Bonchev–Trinajstić information content (AvgIpc) is 2.08. The Bertz CT molecular complexity index is 191. The number of likely N-dealkylation sites (N-methyl/N-ethyl adjacent to an activating group) is 2. The minimum atomic E-state index is 0.104. The predicted molar refractivity (Wildman–Crippen MR) is 56.7 cm³/mol. The van der Waals surface area contributed by atoms with Crippen LogP contribution in [0, 0.1) is 0 Å². The second kappa shape index (κ2) is 4.22. The fourth-order valence-corrected chi connectivity index (χ4v) is 1.76. The van der Waals surface area contributed by atoms with Crippen LogP contribution < -0.4 is 5.73 Å². The van der Waals surface area contributed by atoms with Crippen molar-refractivity contribution in [2.24, 2.45) is 5.73 Å². The lowest BCUT2D eigenvalue weighted by Crippen LogP contribution is -2.57. The van der Waals surface area contributed by atoms with Gasteiger partial charge in [-0.3, -0.25) is 4.90 Å². The third kappa shape index (κ3) is 2.53. The molecule has 0 aromatic heterocycles. The molecule has 0 aliphatic carbocycles. The van der Waals surface area contributed by atoms with Crippen LogP contribution in [-0.4, -0.2) is 55.6 Å². The summed E-state index contributed by atoms with van der Waals surface area (Å²) in [6.45, 7) is 9.21. The third-order valence-electron chi connectivity index (χ3n) is 2.88. The molecule has 1 aliphatic rings. The van der Waals surface area contributed by atoms with E-state index in [-0.39, 0.29) is 6.04 Å². The number of piperazine rings is 1. The first kappa shape index (κ1) is 10.7. The van der Waals surface area contributed by atoms with Crippen LogP contribution in [0.4, 0.5) is 0 Å². The summed E-state index contributed by atoms with van der Waals surface area (Å²) in [4.78, 5) is 4.66. The quantitative estimate of drug-likeness (QED) is 0.618. The first-order valence-electron chi connectivity index (χ1n) is 4.82. The summed E-state index contributed by atoms with van der Waals surface area (Å²) < 4.78 is 0. The van der Waals surface area contributed by atoms with Gasteiger partial charge in [0.15, 0.2) is 0 Å². The standard InChI is InChI=1S/C10H21N3/c1-8(2)10(11)9-7-12(3)5-6-13(9)4/h9-10H,1,5-7,11H2,2-4H3. The van der Waals surface area contributed by atoms with E-state index in [9.17, 15) is 0 Å². The van der Waals surface area contributed by atoms with Gasteiger partial charge in [0.25, 0.3) is 0 Å². The van der Waals surface area contributed by atoms with Crippen LogP contribution in [0.3, 0.4) is 0 Å². The van der Waals surface area contributed by atoms with Crippen molar-refractivity contribution < 1.29 is 0 Å². The van der Waals surface area contributed by atoms with Crippen LogP contribution in [0.5, 0.6) is 0 Å². The van der Waals surface area contributed by atoms with Gasteiger partial charge in [-0.15, -0.1) is 0 Å². The molecular formula is C10H21N3. The summed E-state index contributed by atoms with van der Waals surface area (Å²) in [5.41, 5.74) is 7.15. The summed E-state index contributed by atoms with van der Waals surface area (Å²) in [7, 11) is 4.28. The third-order valence-corrected chi connectivity index (χ3v) is 2.88. The zero-order chi connectivity index (χ0) is 10.0. The highest BCUT2D eigenvalue weighted by molar-refractivity contribution is 5.07. The van der Waals surface area contributed by atoms with E-state index in [0.29, 0.717) is 6.04 Å². The van der Waals surface area contributed by atoms with Crippen molar-refractivity contribution >= 4 is 0 Å². The summed E-state index contributed by atoms with van der Waals surface area (Å²) in [6, 6.07) is 0.531. The molecule has 0 spiro atoms. The molecule has 76 valence electrons. The normalized spacial score (nSPS) is 28.8. The maximum atomic E-state index is 6.08. The monoisotopic (exact) mass is 183 g/mol. The largest absolute Gasteiger partial charge is 0.323 e. The Balaban J connectivity index is 2.60. The Morgan fingerprint density at radius 1 is 1.46 bits per heavy atom. The van der Waals surface area contributed by atoms with E-state index in [2.05, 4.69) is 30.5 Å². The van der Waals surface area contributed by atoms with Crippen molar-refractivity contribution in [2.75, 3.05) is 33.7 Å². The van der Waals surface area contributed by atoms with Crippen molar-refractivity contribution in [1.29, 1.82) is 0 Å². The molecule has 1 saturated heterocycles. The number of nitrogens with zero attached hydrogens (tertiary/aromatic N) is 2. The van der Waals surface area contributed by atoms with Gasteiger partial charge < -0.3 is 10.6 Å². The van der Waals surface area contributed by atoms with Gasteiger partial charge in [0.05, 0.1) is 0 Å². The molecule has 1 rings (SSSR count). The average molecular weight is 183 g/mol. The molecule has 0 aromatic rings. The summed E-state index contributed by atoms with van der Waals surface area (Å²) in [5.74, 6) is 0. The van der Waals surface area contributed by atoms with Crippen LogP contribution >= 0.6 is 0 Å². The van der Waals surface area contributed by atoms with E-state index in [1.807, 2.05) is 6.92 Å². The molecule has 0 saturated carbocycles. The van der Waals surface area contributed by atoms with Gasteiger partial charge in [-0.1, -0.05) is 12.2 Å². The van der Waals surface area contributed by atoms with E-state index in [0.717, 1.165) is 25.2 Å². The van der Waals surface area contributed by atoms with Gasteiger partial charge in [-0.2, -0.15) is 0 Å². The smallest absolute Gasteiger partial charge is 0.0419 e. The molecule has 3 nitrogen and oxygen atoms in total. The molecule has 1 heterocycles. The number of hydrogen-bond acceptors (Lipinski definition) is 3. The minimum absolute atomic E-state index is 0.104. The second-order valence-corrected chi connectivity index (χ2v) is 4.18. The molecule has 0 radical (unpaired) electrons. The van der Waals surface area contributed by atoms with Crippen LogP contribution in [0.15, 0.2) is 12.2 Å². The molecule has 2 atom stereocenters. The van der Waals surface area contributed by atoms with Crippen LogP contribution in [0.1, 0.15) is 6.92 Å². The van der Waals surface area contributed by atoms with E-state index < -0.39 is 0 Å². The molecular weight excluding hydrogens is 162 g/mol. The summed E-state index contributed by atoms with van der Waals surface area (Å²) in [6.07, 6.45) is 0. The zero-order valence-electron chi connectivity index (χ0n) is 8.95. The molecule has 0 aromatic carbocycles. The molecule has 0 amide bonds. The van der Waals surface area contributed by atoms with Crippen molar-refractivity contribution in [3.63, 3.8) is 0 Å². The lowest BCUT2D eigenvalue weighted by Gasteiger charge is -2.40. The van der Waals surface area contributed by atoms with Gasteiger partial charge >= 0.3 is 0 Å². The minimum Gasteiger partial charge on any atom is -0.323 e. The molecule has 0 bridgehead atoms. The van der Waals surface area contributed by atoms with E-state index >= 15 is 0 Å². The van der Waals surface area contributed by atoms with E-state index in [1.54, 1.807) is 0 Å². The van der Waals surface area contributed by atoms with Crippen LogP contribution in [0.25, 0.3) is 0 Å². The highest BCUT2D eigenvalue weighted by Crippen LogP contribution is 2.12. The van der Waals surface area contributed by atoms with Crippen molar-refractivity contribution in [2.45, 2.75) is 19.0 Å². The first-order chi connectivity index (χ1) is 6.02. The molecule has 1 aliphatic heterocycles. The van der Waals surface area contributed by atoms with Gasteiger partial charge in [-0.25, -0.2) is 0 Å². The van der Waals surface area contributed by atoms with Gasteiger partial charge in [-0.05, 0) is 21.0 Å². The highest BCUT2D eigenvalue weighted by atomic mass is 15.3. The van der Waals surface area contributed by atoms with E-state index in [1.165, 1.54) is 0 Å². The molecule has 13 heavy (non-hydrogen) atoms. The van der Waals surface area contributed by atoms with Crippen LogP contribution in [-0.2, 0) is 0 Å². The maximum Gasteiger partial charge on any atom is 0.0419 e. The van der Waals surface area contributed by atoms with Crippen molar-refractivity contribution in [3.05, 3.63) is 12.2 Å². The van der Waals surface area contributed by atoms with Crippen molar-refractivity contribution in [3.8, 4) is 0 Å². The van der Waals surface area contributed by atoms with Crippen LogP contribution in [0.2, 0.25) is 0 Å². The van der Waals surface area contributed by atoms with Gasteiger partial charge in [0.2, 0.25) is 0 Å². The lowest BCUT2D eigenvalue weighted by atomic mass is 9.99. The Hall–Kier alpha value is -0.380. The fourth-order valence-electron chi connectivity index (χ4n) is 1.76. The zero-order valence-corrected chi connectivity index (χ0v) is 8.95. The predicted octanol–water partition coefficient (Wildman–Crippen LogP) is 0.136. The Kier molecular flexibility index (Phi) is 3.47. The SMILES string of the molecule is C=C(C)C(N)C1CN(C)CCN1C. The van der Waals surface area contributed by atoms with Gasteiger partial charge in [0.1, 0.15) is 0 Å². The number of hydrogen-bond donors (Lipinski definition) is 1. The number of rotatable bonds is 2. The molecule has 3 heteroatoms. The van der Waals surface area contributed by atoms with E-state index in [4.69, 9.17) is 5.73 Å². The fraction of sp³-hybridized carbons (Fsp3) is 0.800. The topological polar surface area (TPSA) is 32.5 Å².